The summed E-state index contributed by atoms with van der Waals surface area (Å²) in [5.41, 5.74) is 0.735. The van der Waals surface area contributed by atoms with Crippen LogP contribution in [0.5, 0.6) is 0 Å². The number of hydrogen-bond donors (Lipinski definition) is 2. The second kappa shape index (κ2) is 7.61. The lowest BCUT2D eigenvalue weighted by Gasteiger charge is -2.19. The molecule has 3 nitrogen and oxygen atoms in total. The summed E-state index contributed by atoms with van der Waals surface area (Å²) in [6.07, 6.45) is 3.80. The number of guanidine groups is 1. The Morgan fingerprint density at radius 2 is 2.10 bits per heavy atom. The van der Waals surface area contributed by atoms with E-state index < -0.39 is 0 Å². The predicted octanol–water partition coefficient (Wildman–Crippen LogP) is 2.83. The highest BCUT2D eigenvalue weighted by Gasteiger charge is 2.45. The molecule has 0 bridgehead atoms. The molecule has 2 N–H and O–H groups in total. The second-order valence-corrected chi connectivity index (χ2v) is 4.86. The first-order valence-electron chi connectivity index (χ1n) is 6.52. The molecule has 1 aromatic carbocycles. The summed E-state index contributed by atoms with van der Waals surface area (Å²) in [7, 11) is 1.72. The summed E-state index contributed by atoms with van der Waals surface area (Å²) in [6, 6.07) is 7.03. The lowest BCUT2D eigenvalue weighted by Crippen LogP contribution is -2.41. The van der Waals surface area contributed by atoms with Crippen molar-refractivity contribution >= 4 is 29.9 Å². The molecule has 0 aliphatic heterocycles. The zero-order valence-electron chi connectivity index (χ0n) is 11.7. The van der Waals surface area contributed by atoms with Crippen molar-refractivity contribution in [1.29, 1.82) is 0 Å². The third-order valence-corrected chi connectivity index (χ3v) is 3.53. The highest BCUT2D eigenvalue weighted by molar-refractivity contribution is 14.0. The smallest absolute Gasteiger partial charge is 0.191 e. The lowest BCUT2D eigenvalue weighted by molar-refractivity contribution is 0.560. The van der Waals surface area contributed by atoms with Crippen molar-refractivity contribution in [3.8, 4) is 0 Å². The summed E-state index contributed by atoms with van der Waals surface area (Å²) in [5, 5.41) is 6.37. The molecule has 0 unspecified atom stereocenters. The van der Waals surface area contributed by atoms with Crippen molar-refractivity contribution < 1.29 is 4.39 Å². The molecule has 1 aliphatic rings. The van der Waals surface area contributed by atoms with Crippen molar-refractivity contribution in [3.05, 3.63) is 48.3 Å². The molecule has 0 saturated heterocycles. The first-order chi connectivity index (χ1) is 9.22. The third-order valence-electron chi connectivity index (χ3n) is 3.53. The molecule has 1 aliphatic carbocycles. The van der Waals surface area contributed by atoms with E-state index in [1.807, 2.05) is 12.1 Å². The van der Waals surface area contributed by atoms with Gasteiger partial charge in [-0.3, -0.25) is 4.99 Å². The molecule has 2 rings (SSSR count). The van der Waals surface area contributed by atoms with Gasteiger partial charge < -0.3 is 10.6 Å². The van der Waals surface area contributed by atoms with Crippen LogP contribution in [0.2, 0.25) is 0 Å². The topological polar surface area (TPSA) is 36.4 Å². The molecule has 1 aromatic rings. The van der Waals surface area contributed by atoms with Crippen LogP contribution in [0.1, 0.15) is 18.4 Å². The highest BCUT2D eigenvalue weighted by atomic mass is 127. The summed E-state index contributed by atoms with van der Waals surface area (Å²) >= 11 is 0. The average molecular weight is 389 g/mol. The van der Waals surface area contributed by atoms with Gasteiger partial charge in [0.25, 0.3) is 0 Å². The number of nitrogens with zero attached hydrogens (tertiary/aromatic N) is 1. The van der Waals surface area contributed by atoms with E-state index in [0.717, 1.165) is 24.4 Å². The Balaban J connectivity index is 0.00000200. The summed E-state index contributed by atoms with van der Waals surface area (Å²) in [4.78, 5) is 4.13. The van der Waals surface area contributed by atoms with Crippen LogP contribution in [0.15, 0.2) is 41.9 Å². The van der Waals surface area contributed by atoms with Gasteiger partial charge in [-0.25, -0.2) is 4.39 Å². The van der Waals surface area contributed by atoms with Gasteiger partial charge in [0.1, 0.15) is 5.82 Å². The predicted molar refractivity (Wildman–Crippen MR) is 92.3 cm³/mol. The Morgan fingerprint density at radius 3 is 2.65 bits per heavy atom. The number of aliphatic imine (C=N–C) groups is 1. The average Bonchev–Trinajstić information content (AvgIpc) is 3.20. The first kappa shape index (κ1) is 16.9. The van der Waals surface area contributed by atoms with Gasteiger partial charge in [-0.15, -0.1) is 30.6 Å². The fraction of sp³-hybridized carbons (Fsp3) is 0.400. The number of nitrogens with one attached hydrogen (secondary N) is 2. The van der Waals surface area contributed by atoms with E-state index in [1.165, 1.54) is 6.07 Å². The van der Waals surface area contributed by atoms with Gasteiger partial charge in [-0.05, 0) is 24.5 Å². The zero-order chi connectivity index (χ0) is 13.7. The number of hydrogen-bond acceptors (Lipinski definition) is 1. The van der Waals surface area contributed by atoms with Crippen LogP contribution in [0.25, 0.3) is 0 Å². The Kier molecular flexibility index (Phi) is 6.45. The zero-order valence-corrected chi connectivity index (χ0v) is 14.0. The number of halogens is 2. The van der Waals surface area contributed by atoms with E-state index in [-0.39, 0.29) is 35.2 Å². The summed E-state index contributed by atoms with van der Waals surface area (Å²) in [5.74, 6) is 0.610. The maximum Gasteiger partial charge on any atom is 0.191 e. The molecule has 1 fully saturated rings. The first-order valence-corrected chi connectivity index (χ1v) is 6.52. The molecule has 5 heteroatoms. The van der Waals surface area contributed by atoms with Crippen molar-refractivity contribution in [2.24, 2.45) is 4.99 Å². The Morgan fingerprint density at radius 1 is 1.40 bits per heavy atom. The van der Waals surface area contributed by atoms with Crippen molar-refractivity contribution in [2.45, 2.75) is 18.3 Å². The van der Waals surface area contributed by atoms with Crippen LogP contribution in [0.3, 0.4) is 0 Å². The van der Waals surface area contributed by atoms with Crippen molar-refractivity contribution in [2.75, 3.05) is 20.1 Å². The summed E-state index contributed by atoms with van der Waals surface area (Å²) in [6.45, 7) is 5.01. The molecule has 0 heterocycles. The molecule has 0 atom stereocenters. The van der Waals surface area contributed by atoms with Crippen molar-refractivity contribution in [1.82, 2.24) is 10.6 Å². The van der Waals surface area contributed by atoms with Crippen LogP contribution in [0, 0.1) is 5.82 Å². The quantitative estimate of drug-likeness (QED) is 0.352. The van der Waals surface area contributed by atoms with Crippen LogP contribution in [0.4, 0.5) is 4.39 Å². The van der Waals surface area contributed by atoms with Gasteiger partial charge in [-0.2, -0.15) is 0 Å². The minimum atomic E-state index is -0.115. The minimum Gasteiger partial charge on any atom is -0.356 e. The van der Waals surface area contributed by atoms with Crippen LogP contribution < -0.4 is 10.6 Å². The van der Waals surface area contributed by atoms with Crippen LogP contribution in [-0.2, 0) is 5.41 Å². The molecular weight excluding hydrogens is 368 g/mol. The fourth-order valence-electron chi connectivity index (χ4n) is 2.23. The molecule has 0 spiro atoms. The number of rotatable bonds is 5. The van der Waals surface area contributed by atoms with E-state index in [2.05, 4.69) is 22.2 Å². The van der Waals surface area contributed by atoms with Gasteiger partial charge in [0.05, 0.1) is 0 Å². The van der Waals surface area contributed by atoms with E-state index in [1.54, 1.807) is 19.2 Å². The fourth-order valence-corrected chi connectivity index (χ4v) is 2.23. The minimum absolute atomic E-state index is 0. The van der Waals surface area contributed by atoms with Gasteiger partial charge in [0.2, 0.25) is 0 Å². The lowest BCUT2D eigenvalue weighted by atomic mass is 9.95. The van der Waals surface area contributed by atoms with E-state index >= 15 is 0 Å². The molecule has 0 amide bonds. The SMILES string of the molecule is C=CCNC(=NC)NCC1(c2ccccc2F)CC1.I. The van der Waals surface area contributed by atoms with Crippen molar-refractivity contribution in [3.63, 3.8) is 0 Å². The Labute approximate surface area is 136 Å². The highest BCUT2D eigenvalue weighted by Crippen LogP contribution is 2.48. The molecule has 0 aromatic heterocycles. The molecular formula is C15H21FIN3. The normalized spacial score (nSPS) is 16.0. The third kappa shape index (κ3) is 3.94. The van der Waals surface area contributed by atoms with Gasteiger partial charge in [0.15, 0.2) is 5.96 Å². The maximum atomic E-state index is 13.8. The Hall–Kier alpha value is -1.11. The van der Waals surface area contributed by atoms with E-state index in [0.29, 0.717) is 13.1 Å². The van der Waals surface area contributed by atoms with Gasteiger partial charge in [0, 0.05) is 25.6 Å². The molecule has 110 valence electrons. The standard InChI is InChI=1S/C15H20FN3.HI/c1-3-10-18-14(17-2)19-11-15(8-9-15)12-6-4-5-7-13(12)16;/h3-7H,1,8-11H2,2H3,(H2,17,18,19);1H. The van der Waals surface area contributed by atoms with Crippen LogP contribution in [-0.4, -0.2) is 26.1 Å². The molecule has 20 heavy (non-hydrogen) atoms. The second-order valence-electron chi connectivity index (χ2n) is 4.86. The molecule has 1 saturated carbocycles. The number of benzene rings is 1. The summed E-state index contributed by atoms with van der Waals surface area (Å²) < 4.78 is 13.8. The van der Waals surface area contributed by atoms with Gasteiger partial charge >= 0.3 is 0 Å². The van der Waals surface area contributed by atoms with Gasteiger partial charge in [-0.1, -0.05) is 24.3 Å². The monoisotopic (exact) mass is 389 g/mol. The largest absolute Gasteiger partial charge is 0.356 e. The maximum absolute atomic E-state index is 13.8. The van der Waals surface area contributed by atoms with E-state index in [9.17, 15) is 4.39 Å². The van der Waals surface area contributed by atoms with Crippen LogP contribution >= 0.6 is 24.0 Å². The molecule has 0 radical (unpaired) electrons. The van der Waals surface area contributed by atoms with E-state index in [4.69, 9.17) is 0 Å². The Bertz CT molecular complexity index is 484.